The van der Waals surface area contributed by atoms with Crippen molar-refractivity contribution >= 4 is 17.5 Å². The first-order chi connectivity index (χ1) is 9.13. The van der Waals surface area contributed by atoms with Gasteiger partial charge in [-0.15, -0.1) is 0 Å². The maximum atomic E-state index is 12.0. The van der Waals surface area contributed by atoms with Crippen molar-refractivity contribution in [3.8, 4) is 11.3 Å². The van der Waals surface area contributed by atoms with Gasteiger partial charge >= 0.3 is 0 Å². The van der Waals surface area contributed by atoms with Gasteiger partial charge in [-0.25, -0.2) is 0 Å². The number of nitrogens with zero attached hydrogens (tertiary/aromatic N) is 1. The largest absolute Gasteiger partial charge is 0.451 e. The molecular formula is C14H14ClNO3. The maximum absolute atomic E-state index is 12.0. The molecule has 0 aliphatic rings. The van der Waals surface area contributed by atoms with E-state index in [1.54, 1.807) is 25.2 Å². The molecule has 4 nitrogen and oxygen atoms in total. The minimum absolute atomic E-state index is 0.0830. The predicted molar refractivity (Wildman–Crippen MR) is 73.2 cm³/mol. The Labute approximate surface area is 116 Å². The van der Waals surface area contributed by atoms with Gasteiger partial charge in [0.05, 0.1) is 11.6 Å². The summed E-state index contributed by atoms with van der Waals surface area (Å²) in [4.78, 5) is 13.4. The molecular weight excluding hydrogens is 266 g/mol. The predicted octanol–water partition coefficient (Wildman–Crippen LogP) is 2.66. The van der Waals surface area contributed by atoms with Crippen molar-refractivity contribution in [2.75, 3.05) is 20.2 Å². The van der Waals surface area contributed by atoms with Crippen LogP contribution in [0, 0.1) is 0 Å². The lowest BCUT2D eigenvalue weighted by Crippen LogP contribution is -2.29. The van der Waals surface area contributed by atoms with E-state index in [4.69, 9.17) is 21.1 Å². The molecule has 0 bridgehead atoms. The number of benzene rings is 1. The van der Waals surface area contributed by atoms with Gasteiger partial charge in [-0.05, 0) is 24.3 Å². The highest BCUT2D eigenvalue weighted by Crippen LogP contribution is 2.29. The second kappa shape index (κ2) is 5.91. The van der Waals surface area contributed by atoms with Gasteiger partial charge < -0.3 is 14.4 Å². The number of carbonyl (C=O) groups is 1. The van der Waals surface area contributed by atoms with E-state index in [1.165, 1.54) is 4.90 Å². The molecule has 0 saturated heterocycles. The quantitative estimate of drug-likeness (QED) is 0.936. The van der Waals surface area contributed by atoms with Crippen molar-refractivity contribution in [1.82, 2.24) is 4.90 Å². The number of aliphatic hydroxyl groups excluding tert-OH is 1. The van der Waals surface area contributed by atoms with Crippen molar-refractivity contribution in [1.29, 1.82) is 0 Å². The highest BCUT2D eigenvalue weighted by Gasteiger charge is 2.16. The van der Waals surface area contributed by atoms with Gasteiger partial charge in [-0.1, -0.05) is 23.7 Å². The normalized spacial score (nSPS) is 10.5. The van der Waals surface area contributed by atoms with Gasteiger partial charge in [0.1, 0.15) is 5.76 Å². The molecule has 0 radical (unpaired) electrons. The van der Waals surface area contributed by atoms with Crippen LogP contribution in [0.1, 0.15) is 10.6 Å². The minimum atomic E-state index is -0.271. The van der Waals surface area contributed by atoms with Crippen LogP contribution in [0.3, 0.4) is 0 Å². The van der Waals surface area contributed by atoms with E-state index in [0.717, 1.165) is 5.56 Å². The zero-order valence-electron chi connectivity index (χ0n) is 10.5. The molecule has 0 unspecified atom stereocenters. The number of halogens is 1. The highest BCUT2D eigenvalue weighted by molar-refractivity contribution is 6.33. The van der Waals surface area contributed by atoms with Crippen molar-refractivity contribution in [2.24, 2.45) is 0 Å². The van der Waals surface area contributed by atoms with Gasteiger partial charge in [-0.2, -0.15) is 0 Å². The fourth-order valence-corrected chi connectivity index (χ4v) is 1.93. The summed E-state index contributed by atoms with van der Waals surface area (Å²) in [6, 6.07) is 10.6. The molecule has 1 amide bonds. The van der Waals surface area contributed by atoms with Gasteiger partial charge in [0.25, 0.3) is 5.91 Å². The van der Waals surface area contributed by atoms with Crippen LogP contribution >= 0.6 is 11.6 Å². The van der Waals surface area contributed by atoms with Crippen LogP contribution < -0.4 is 0 Å². The summed E-state index contributed by atoms with van der Waals surface area (Å²) in [5, 5.41) is 9.38. The fourth-order valence-electron chi connectivity index (χ4n) is 1.70. The van der Waals surface area contributed by atoms with Crippen molar-refractivity contribution in [3.63, 3.8) is 0 Å². The first kappa shape index (κ1) is 13.6. The summed E-state index contributed by atoms with van der Waals surface area (Å²) in [5.74, 6) is 0.504. The molecule has 1 N–H and O–H groups in total. The van der Waals surface area contributed by atoms with E-state index in [2.05, 4.69) is 0 Å². The summed E-state index contributed by atoms with van der Waals surface area (Å²) in [5.41, 5.74) is 0.744. The molecule has 2 aromatic rings. The lowest BCUT2D eigenvalue weighted by molar-refractivity contribution is 0.0736. The average Bonchev–Trinajstić information content (AvgIpc) is 2.88. The molecule has 0 saturated carbocycles. The second-order valence-corrected chi connectivity index (χ2v) is 4.50. The number of hydrogen-bond acceptors (Lipinski definition) is 3. The van der Waals surface area contributed by atoms with E-state index >= 15 is 0 Å². The third-order valence-corrected chi connectivity index (χ3v) is 3.07. The lowest BCUT2D eigenvalue weighted by atomic mass is 10.2. The van der Waals surface area contributed by atoms with E-state index in [1.807, 2.05) is 18.2 Å². The van der Waals surface area contributed by atoms with Crippen molar-refractivity contribution in [2.45, 2.75) is 0 Å². The zero-order chi connectivity index (χ0) is 13.8. The van der Waals surface area contributed by atoms with Crippen LogP contribution in [-0.4, -0.2) is 36.1 Å². The standard InChI is InChI=1S/C14H14ClNO3/c1-16(8-9-17)14(18)13-7-6-12(19-13)10-4-2-3-5-11(10)15/h2-7,17H,8-9H2,1H3. The molecule has 1 aromatic heterocycles. The van der Waals surface area contributed by atoms with Crippen LogP contribution in [-0.2, 0) is 0 Å². The molecule has 0 atom stereocenters. The third-order valence-electron chi connectivity index (χ3n) is 2.74. The molecule has 0 aliphatic heterocycles. The van der Waals surface area contributed by atoms with Gasteiger partial charge in [0, 0.05) is 19.2 Å². The molecule has 0 spiro atoms. The molecule has 5 heteroatoms. The summed E-state index contributed by atoms with van der Waals surface area (Å²) >= 11 is 6.07. The Bertz CT molecular complexity index is 580. The Morgan fingerprint density at radius 2 is 2.05 bits per heavy atom. The Morgan fingerprint density at radius 3 is 2.74 bits per heavy atom. The topological polar surface area (TPSA) is 53.7 Å². The number of aliphatic hydroxyl groups is 1. The summed E-state index contributed by atoms with van der Waals surface area (Å²) in [6.45, 7) is 0.182. The Morgan fingerprint density at radius 1 is 1.32 bits per heavy atom. The highest BCUT2D eigenvalue weighted by atomic mass is 35.5. The summed E-state index contributed by atoms with van der Waals surface area (Å²) in [6.07, 6.45) is 0. The number of rotatable bonds is 4. The number of hydrogen-bond donors (Lipinski definition) is 1. The molecule has 2 rings (SSSR count). The smallest absolute Gasteiger partial charge is 0.289 e. The molecule has 1 heterocycles. The molecule has 100 valence electrons. The summed E-state index contributed by atoms with van der Waals surface area (Å²) in [7, 11) is 1.61. The van der Waals surface area contributed by atoms with E-state index < -0.39 is 0 Å². The fraction of sp³-hybridized carbons (Fsp3) is 0.214. The zero-order valence-corrected chi connectivity index (χ0v) is 11.2. The molecule has 1 aromatic carbocycles. The van der Waals surface area contributed by atoms with Gasteiger partial charge in [0.2, 0.25) is 0 Å². The SMILES string of the molecule is CN(CCO)C(=O)c1ccc(-c2ccccc2Cl)o1. The monoisotopic (exact) mass is 279 g/mol. The first-order valence-corrected chi connectivity index (χ1v) is 6.22. The van der Waals surface area contributed by atoms with Crippen LogP contribution in [0.4, 0.5) is 0 Å². The van der Waals surface area contributed by atoms with Crippen molar-refractivity contribution < 1.29 is 14.3 Å². The van der Waals surface area contributed by atoms with Crippen molar-refractivity contribution in [3.05, 3.63) is 47.2 Å². The Kier molecular flexibility index (Phi) is 4.24. The van der Waals surface area contributed by atoms with Crippen LogP contribution in [0.5, 0.6) is 0 Å². The number of carbonyl (C=O) groups excluding carboxylic acids is 1. The lowest BCUT2D eigenvalue weighted by Gasteiger charge is -2.13. The van der Waals surface area contributed by atoms with Gasteiger partial charge in [0.15, 0.2) is 5.76 Å². The second-order valence-electron chi connectivity index (χ2n) is 4.09. The third kappa shape index (κ3) is 2.97. The maximum Gasteiger partial charge on any atom is 0.289 e. The average molecular weight is 280 g/mol. The van der Waals surface area contributed by atoms with Gasteiger partial charge in [-0.3, -0.25) is 4.79 Å². The van der Waals surface area contributed by atoms with E-state index in [-0.39, 0.29) is 24.8 Å². The Balaban J connectivity index is 2.25. The molecule has 0 aliphatic carbocycles. The van der Waals surface area contributed by atoms with Crippen LogP contribution in [0.2, 0.25) is 5.02 Å². The first-order valence-electron chi connectivity index (χ1n) is 5.84. The minimum Gasteiger partial charge on any atom is -0.451 e. The van der Waals surface area contributed by atoms with E-state index in [0.29, 0.717) is 10.8 Å². The number of likely N-dealkylation sites (N-methyl/N-ethyl adjacent to an activating group) is 1. The Hall–Kier alpha value is -1.78. The van der Waals surface area contributed by atoms with Crippen LogP contribution in [0.15, 0.2) is 40.8 Å². The van der Waals surface area contributed by atoms with E-state index in [9.17, 15) is 4.79 Å². The summed E-state index contributed by atoms with van der Waals surface area (Å²) < 4.78 is 5.52. The van der Waals surface area contributed by atoms with Crippen LogP contribution in [0.25, 0.3) is 11.3 Å². The molecule has 19 heavy (non-hydrogen) atoms. The molecule has 0 fully saturated rings. The number of amides is 1. The number of furan rings is 1.